The minimum absolute atomic E-state index is 0.211. The van der Waals surface area contributed by atoms with E-state index in [1.807, 2.05) is 0 Å². The molecule has 0 N–H and O–H groups in total. The average molecular weight is 218 g/mol. The van der Waals surface area contributed by atoms with Gasteiger partial charge in [-0.25, -0.2) is 9.67 Å². The molecule has 0 aliphatic heterocycles. The van der Waals surface area contributed by atoms with E-state index in [9.17, 15) is 4.79 Å². The molecule has 0 fully saturated rings. The minimum atomic E-state index is -0.211. The van der Waals surface area contributed by atoms with Gasteiger partial charge < -0.3 is 4.74 Å². The molecule has 0 bridgehead atoms. The quantitative estimate of drug-likeness (QED) is 0.699. The van der Waals surface area contributed by atoms with Gasteiger partial charge in [0.1, 0.15) is 5.69 Å². The molecule has 6 nitrogen and oxygen atoms in total. The number of aryl methyl sites for hydroxylation is 1. The second kappa shape index (κ2) is 4.09. The maximum Gasteiger partial charge on any atom is 0.224 e. The molecule has 6 heteroatoms. The molecule has 0 radical (unpaired) electrons. The maximum absolute atomic E-state index is 12.1. The molecule has 0 unspecified atom stereocenters. The summed E-state index contributed by atoms with van der Waals surface area (Å²) in [6, 6.07) is 3.33. The van der Waals surface area contributed by atoms with Crippen LogP contribution < -0.4 is 4.74 Å². The van der Waals surface area contributed by atoms with Crippen molar-refractivity contribution in [3.8, 4) is 5.88 Å². The lowest BCUT2D eigenvalue weighted by Crippen LogP contribution is -2.10. The van der Waals surface area contributed by atoms with Crippen LogP contribution in [-0.2, 0) is 7.05 Å². The Morgan fingerprint density at radius 2 is 2.31 bits per heavy atom. The minimum Gasteiger partial charge on any atom is -0.480 e. The second-order valence-corrected chi connectivity index (χ2v) is 3.13. The van der Waals surface area contributed by atoms with E-state index in [1.54, 1.807) is 25.4 Å². The third-order valence-corrected chi connectivity index (χ3v) is 2.16. The Morgan fingerprint density at radius 3 is 2.94 bits per heavy atom. The van der Waals surface area contributed by atoms with Crippen molar-refractivity contribution in [2.45, 2.75) is 0 Å². The summed E-state index contributed by atoms with van der Waals surface area (Å²) in [5, 5.41) is 7.36. The highest BCUT2D eigenvalue weighted by molar-refractivity contribution is 6.09. The Kier molecular flexibility index (Phi) is 2.63. The number of ether oxygens (including phenoxy) is 1. The van der Waals surface area contributed by atoms with Crippen molar-refractivity contribution in [3.05, 3.63) is 35.8 Å². The first-order valence-corrected chi connectivity index (χ1v) is 4.62. The van der Waals surface area contributed by atoms with Crippen LogP contribution in [0.15, 0.2) is 24.5 Å². The van der Waals surface area contributed by atoms with Crippen LogP contribution in [0.1, 0.15) is 16.1 Å². The lowest BCUT2D eigenvalue weighted by atomic mass is 10.1. The predicted molar refractivity (Wildman–Crippen MR) is 55.2 cm³/mol. The van der Waals surface area contributed by atoms with E-state index in [0.29, 0.717) is 17.1 Å². The summed E-state index contributed by atoms with van der Waals surface area (Å²) >= 11 is 0. The number of hydrogen-bond acceptors (Lipinski definition) is 5. The lowest BCUT2D eigenvalue weighted by Gasteiger charge is -2.05. The van der Waals surface area contributed by atoms with Gasteiger partial charge in [-0.2, -0.15) is 0 Å². The fourth-order valence-corrected chi connectivity index (χ4v) is 1.36. The van der Waals surface area contributed by atoms with Gasteiger partial charge in [0.15, 0.2) is 0 Å². The van der Waals surface area contributed by atoms with E-state index in [1.165, 1.54) is 18.0 Å². The van der Waals surface area contributed by atoms with Crippen molar-refractivity contribution < 1.29 is 9.53 Å². The zero-order chi connectivity index (χ0) is 11.5. The van der Waals surface area contributed by atoms with Crippen molar-refractivity contribution in [2.24, 2.45) is 7.05 Å². The van der Waals surface area contributed by atoms with Crippen LogP contribution in [0.4, 0.5) is 0 Å². The van der Waals surface area contributed by atoms with Crippen LogP contribution in [0.3, 0.4) is 0 Å². The van der Waals surface area contributed by atoms with Crippen molar-refractivity contribution in [2.75, 3.05) is 7.11 Å². The number of aromatic nitrogens is 4. The van der Waals surface area contributed by atoms with Crippen molar-refractivity contribution in [1.29, 1.82) is 0 Å². The first-order chi connectivity index (χ1) is 7.74. The SMILES string of the molecule is COc1ncccc1C(=O)c1cnnn1C. The molecule has 2 aromatic heterocycles. The number of ketones is 1. The van der Waals surface area contributed by atoms with E-state index in [0.717, 1.165) is 0 Å². The van der Waals surface area contributed by atoms with Crippen molar-refractivity contribution in [3.63, 3.8) is 0 Å². The standard InChI is InChI=1S/C10H10N4O2/c1-14-8(6-12-13-14)9(15)7-4-3-5-11-10(7)16-2/h3-6H,1-2H3. The molecular formula is C10H10N4O2. The summed E-state index contributed by atoms with van der Waals surface area (Å²) in [4.78, 5) is 16.1. The van der Waals surface area contributed by atoms with Crippen LogP contribution in [0.2, 0.25) is 0 Å². The Morgan fingerprint density at radius 1 is 1.50 bits per heavy atom. The molecule has 2 rings (SSSR count). The Hall–Kier alpha value is -2.24. The third kappa shape index (κ3) is 1.65. The fourth-order valence-electron chi connectivity index (χ4n) is 1.36. The van der Waals surface area contributed by atoms with Gasteiger partial charge in [0.2, 0.25) is 11.7 Å². The number of rotatable bonds is 3. The topological polar surface area (TPSA) is 69.9 Å². The Bertz CT molecular complexity index is 521. The highest BCUT2D eigenvalue weighted by Crippen LogP contribution is 2.17. The molecule has 16 heavy (non-hydrogen) atoms. The zero-order valence-electron chi connectivity index (χ0n) is 8.91. The Labute approximate surface area is 91.9 Å². The van der Waals surface area contributed by atoms with Crippen LogP contribution in [-0.4, -0.2) is 32.9 Å². The van der Waals surface area contributed by atoms with E-state index in [2.05, 4.69) is 15.3 Å². The van der Waals surface area contributed by atoms with Crippen molar-refractivity contribution >= 4 is 5.78 Å². The monoisotopic (exact) mass is 218 g/mol. The predicted octanol–water partition coefficient (Wildman–Crippen LogP) is 0.450. The molecule has 0 saturated carbocycles. The number of nitrogens with zero attached hydrogens (tertiary/aromatic N) is 4. The molecular weight excluding hydrogens is 208 g/mol. The molecule has 0 spiro atoms. The van der Waals surface area contributed by atoms with E-state index < -0.39 is 0 Å². The molecule has 82 valence electrons. The summed E-state index contributed by atoms with van der Waals surface area (Å²) in [7, 11) is 3.13. The molecule has 2 aromatic rings. The van der Waals surface area contributed by atoms with Gasteiger partial charge in [0.05, 0.1) is 18.9 Å². The van der Waals surface area contributed by atoms with Crippen LogP contribution >= 0.6 is 0 Å². The van der Waals surface area contributed by atoms with Gasteiger partial charge in [-0.05, 0) is 12.1 Å². The number of carbonyl (C=O) groups is 1. The summed E-state index contributed by atoms with van der Waals surface area (Å²) in [5.74, 6) is 0.0890. The molecule has 0 atom stereocenters. The van der Waals surface area contributed by atoms with Gasteiger partial charge in [-0.3, -0.25) is 4.79 Å². The van der Waals surface area contributed by atoms with Crippen LogP contribution in [0.5, 0.6) is 5.88 Å². The molecule has 0 saturated heterocycles. The number of pyridine rings is 1. The van der Waals surface area contributed by atoms with Crippen LogP contribution in [0, 0.1) is 0 Å². The maximum atomic E-state index is 12.1. The highest BCUT2D eigenvalue weighted by Gasteiger charge is 2.18. The van der Waals surface area contributed by atoms with Gasteiger partial charge in [-0.1, -0.05) is 5.21 Å². The highest BCUT2D eigenvalue weighted by atomic mass is 16.5. The van der Waals surface area contributed by atoms with E-state index in [4.69, 9.17) is 4.74 Å². The second-order valence-electron chi connectivity index (χ2n) is 3.13. The van der Waals surface area contributed by atoms with Gasteiger partial charge >= 0.3 is 0 Å². The lowest BCUT2D eigenvalue weighted by molar-refractivity contribution is 0.102. The van der Waals surface area contributed by atoms with Gasteiger partial charge in [0.25, 0.3) is 0 Å². The normalized spacial score (nSPS) is 10.1. The smallest absolute Gasteiger partial charge is 0.224 e. The molecule has 0 aliphatic rings. The third-order valence-electron chi connectivity index (χ3n) is 2.16. The first kappa shape index (κ1) is 10.3. The number of methoxy groups -OCH3 is 1. The largest absolute Gasteiger partial charge is 0.480 e. The van der Waals surface area contributed by atoms with Gasteiger partial charge in [-0.15, -0.1) is 5.10 Å². The van der Waals surface area contributed by atoms with Crippen molar-refractivity contribution in [1.82, 2.24) is 20.0 Å². The summed E-state index contributed by atoms with van der Waals surface area (Å²) in [6.45, 7) is 0. The average Bonchev–Trinajstić information content (AvgIpc) is 2.74. The molecule has 0 amide bonds. The zero-order valence-corrected chi connectivity index (χ0v) is 8.91. The molecule has 0 aliphatic carbocycles. The van der Waals surface area contributed by atoms with Gasteiger partial charge in [0, 0.05) is 13.2 Å². The molecule has 0 aromatic carbocycles. The van der Waals surface area contributed by atoms with Crippen LogP contribution in [0.25, 0.3) is 0 Å². The fraction of sp³-hybridized carbons (Fsp3) is 0.200. The summed E-state index contributed by atoms with van der Waals surface area (Å²) in [5.41, 5.74) is 0.793. The summed E-state index contributed by atoms with van der Waals surface area (Å²) in [6.07, 6.45) is 2.98. The number of carbonyl (C=O) groups excluding carboxylic acids is 1. The first-order valence-electron chi connectivity index (χ1n) is 4.62. The Balaban J connectivity index is 2.46. The number of hydrogen-bond donors (Lipinski definition) is 0. The van der Waals surface area contributed by atoms with E-state index in [-0.39, 0.29) is 5.78 Å². The molecule has 2 heterocycles. The van der Waals surface area contributed by atoms with E-state index >= 15 is 0 Å². The summed E-state index contributed by atoms with van der Waals surface area (Å²) < 4.78 is 6.43.